The number of hydrogen-bond acceptors (Lipinski definition) is 3. The Labute approximate surface area is 154 Å². The average molecular weight is 429 g/mol. The Morgan fingerprint density at radius 2 is 2.04 bits per heavy atom. The summed E-state index contributed by atoms with van der Waals surface area (Å²) in [7, 11) is 3.68. The monoisotopic (exact) mass is 429 g/mol. The maximum Gasteiger partial charge on any atom is 0.191 e. The summed E-state index contributed by atoms with van der Waals surface area (Å²) in [5.41, 5.74) is 2.25. The topological polar surface area (TPSA) is 63.5 Å². The minimum Gasteiger partial charge on any atom is -0.494 e. The van der Waals surface area contributed by atoms with E-state index < -0.39 is 0 Å². The van der Waals surface area contributed by atoms with Crippen LogP contribution in [0.3, 0.4) is 0 Å². The number of rotatable bonds is 6. The minimum absolute atomic E-state index is 0. The lowest BCUT2D eigenvalue weighted by molar-refractivity contribution is 0.340. The molecule has 1 aromatic carbocycles. The van der Waals surface area contributed by atoms with Gasteiger partial charge in [-0.1, -0.05) is 12.1 Å². The highest BCUT2D eigenvalue weighted by Crippen LogP contribution is 2.12. The van der Waals surface area contributed by atoms with E-state index in [1.165, 1.54) is 0 Å². The molecule has 2 aromatic rings. The summed E-state index contributed by atoms with van der Waals surface area (Å²) in [5, 5.41) is 10.7. The van der Waals surface area contributed by atoms with Crippen LogP contribution in [-0.2, 0) is 20.1 Å². The second-order valence-electron chi connectivity index (χ2n) is 4.81. The number of nitrogens with one attached hydrogen (secondary N) is 2. The molecule has 0 saturated carbocycles. The first kappa shape index (κ1) is 19.3. The fourth-order valence-corrected chi connectivity index (χ4v) is 2.07. The zero-order chi connectivity index (χ0) is 15.8. The first-order valence-electron chi connectivity index (χ1n) is 7.36. The van der Waals surface area contributed by atoms with Crippen molar-refractivity contribution in [3.05, 3.63) is 47.8 Å². The fourth-order valence-electron chi connectivity index (χ4n) is 2.07. The van der Waals surface area contributed by atoms with Gasteiger partial charge in [-0.25, -0.2) is 0 Å². The highest BCUT2D eigenvalue weighted by Gasteiger charge is 2.02. The largest absolute Gasteiger partial charge is 0.494 e. The quantitative estimate of drug-likeness (QED) is 0.420. The number of ether oxygens (including phenoxy) is 1. The first-order chi connectivity index (χ1) is 10.7. The Kier molecular flexibility index (Phi) is 8.46. The van der Waals surface area contributed by atoms with Crippen LogP contribution in [0.1, 0.15) is 18.2 Å². The van der Waals surface area contributed by atoms with Crippen LogP contribution < -0.4 is 15.4 Å². The van der Waals surface area contributed by atoms with E-state index in [1.54, 1.807) is 13.2 Å². The molecule has 0 radical (unpaired) electrons. The molecule has 0 aliphatic heterocycles. The lowest BCUT2D eigenvalue weighted by Gasteiger charge is -2.12. The molecular weight excluding hydrogens is 405 g/mol. The van der Waals surface area contributed by atoms with E-state index in [2.05, 4.69) is 26.8 Å². The molecule has 0 spiro atoms. The van der Waals surface area contributed by atoms with Crippen molar-refractivity contribution in [2.75, 3.05) is 13.7 Å². The number of hydrogen-bond donors (Lipinski definition) is 2. The van der Waals surface area contributed by atoms with E-state index in [0.29, 0.717) is 19.7 Å². The number of halogens is 1. The van der Waals surface area contributed by atoms with Crippen LogP contribution >= 0.6 is 24.0 Å². The summed E-state index contributed by atoms with van der Waals surface area (Å²) in [6, 6.07) is 10.0. The van der Waals surface area contributed by atoms with Gasteiger partial charge in [0.1, 0.15) is 5.75 Å². The standard InChI is InChI=1S/C16H23N5O.HI/c1-4-22-15-7-5-6-13(10-15)11-18-16(17-2)19-12-14-8-9-20-21(14)3;/h5-10H,4,11-12H2,1-3H3,(H2,17,18,19);1H. The van der Waals surface area contributed by atoms with Gasteiger partial charge in [0.15, 0.2) is 5.96 Å². The Bertz CT molecular complexity index is 626. The van der Waals surface area contributed by atoms with Crippen LogP contribution in [-0.4, -0.2) is 29.4 Å². The summed E-state index contributed by atoms with van der Waals surface area (Å²) in [5.74, 6) is 1.64. The van der Waals surface area contributed by atoms with Gasteiger partial charge in [-0.3, -0.25) is 9.67 Å². The van der Waals surface area contributed by atoms with Crippen molar-refractivity contribution in [2.45, 2.75) is 20.0 Å². The highest BCUT2D eigenvalue weighted by atomic mass is 127. The minimum atomic E-state index is 0. The first-order valence-corrected chi connectivity index (χ1v) is 7.36. The zero-order valence-electron chi connectivity index (χ0n) is 13.7. The van der Waals surface area contributed by atoms with Gasteiger partial charge < -0.3 is 15.4 Å². The Hall–Kier alpha value is -1.77. The van der Waals surface area contributed by atoms with E-state index >= 15 is 0 Å². The van der Waals surface area contributed by atoms with Gasteiger partial charge in [0.05, 0.1) is 18.8 Å². The number of benzene rings is 1. The SMILES string of the molecule is CCOc1cccc(CNC(=NC)NCc2ccnn2C)c1.I. The molecule has 0 saturated heterocycles. The van der Waals surface area contributed by atoms with Gasteiger partial charge in [0.2, 0.25) is 0 Å². The number of guanidine groups is 1. The van der Waals surface area contributed by atoms with E-state index in [4.69, 9.17) is 4.74 Å². The smallest absolute Gasteiger partial charge is 0.191 e. The second kappa shape index (κ2) is 10.1. The molecule has 0 aliphatic rings. The van der Waals surface area contributed by atoms with Crippen LogP contribution in [0.25, 0.3) is 0 Å². The normalized spacial score (nSPS) is 10.8. The van der Waals surface area contributed by atoms with Crippen LogP contribution in [0.5, 0.6) is 5.75 Å². The van der Waals surface area contributed by atoms with Gasteiger partial charge in [0, 0.05) is 26.8 Å². The van der Waals surface area contributed by atoms with Gasteiger partial charge in [-0.15, -0.1) is 24.0 Å². The molecule has 0 aliphatic carbocycles. The molecule has 7 heteroatoms. The molecule has 126 valence electrons. The van der Waals surface area contributed by atoms with Crippen molar-refractivity contribution in [2.24, 2.45) is 12.0 Å². The van der Waals surface area contributed by atoms with Crippen LogP contribution in [0.15, 0.2) is 41.5 Å². The molecule has 1 aromatic heterocycles. The van der Waals surface area contributed by atoms with Crippen molar-refractivity contribution in [3.8, 4) is 5.75 Å². The van der Waals surface area contributed by atoms with E-state index in [-0.39, 0.29) is 24.0 Å². The number of aliphatic imine (C=N–C) groups is 1. The molecule has 6 nitrogen and oxygen atoms in total. The van der Waals surface area contributed by atoms with Crippen LogP contribution in [0.2, 0.25) is 0 Å². The van der Waals surface area contributed by atoms with Crippen molar-refractivity contribution in [1.29, 1.82) is 0 Å². The zero-order valence-corrected chi connectivity index (χ0v) is 16.1. The van der Waals surface area contributed by atoms with E-state index in [1.807, 2.05) is 42.9 Å². The van der Waals surface area contributed by atoms with Crippen LogP contribution in [0, 0.1) is 0 Å². The third kappa shape index (κ3) is 6.09. The molecule has 2 rings (SSSR count). The summed E-state index contributed by atoms with van der Waals surface area (Å²) in [4.78, 5) is 4.22. The fraction of sp³-hybridized carbons (Fsp3) is 0.375. The third-order valence-electron chi connectivity index (χ3n) is 3.25. The highest BCUT2D eigenvalue weighted by molar-refractivity contribution is 14.0. The summed E-state index contributed by atoms with van der Waals surface area (Å²) < 4.78 is 7.35. The molecule has 2 N–H and O–H groups in total. The summed E-state index contributed by atoms with van der Waals surface area (Å²) in [6.45, 7) is 4.01. The predicted octanol–water partition coefficient (Wildman–Crippen LogP) is 2.30. The lowest BCUT2D eigenvalue weighted by Crippen LogP contribution is -2.36. The van der Waals surface area contributed by atoms with E-state index in [0.717, 1.165) is 23.0 Å². The maximum atomic E-state index is 5.51. The van der Waals surface area contributed by atoms with Crippen molar-refractivity contribution in [3.63, 3.8) is 0 Å². The lowest BCUT2D eigenvalue weighted by atomic mass is 10.2. The number of nitrogens with zero attached hydrogens (tertiary/aromatic N) is 3. The summed E-state index contributed by atoms with van der Waals surface area (Å²) in [6.07, 6.45) is 1.78. The number of aryl methyl sites for hydroxylation is 1. The van der Waals surface area contributed by atoms with Gasteiger partial charge in [-0.05, 0) is 30.7 Å². The second-order valence-corrected chi connectivity index (χ2v) is 4.81. The Morgan fingerprint density at radius 3 is 2.70 bits per heavy atom. The molecule has 23 heavy (non-hydrogen) atoms. The Balaban J connectivity index is 0.00000264. The van der Waals surface area contributed by atoms with Crippen LogP contribution in [0.4, 0.5) is 0 Å². The average Bonchev–Trinajstić information content (AvgIpc) is 2.93. The molecule has 1 heterocycles. The van der Waals surface area contributed by atoms with Crippen molar-refractivity contribution >= 4 is 29.9 Å². The molecule has 0 atom stereocenters. The van der Waals surface area contributed by atoms with Gasteiger partial charge >= 0.3 is 0 Å². The molecule has 0 amide bonds. The third-order valence-corrected chi connectivity index (χ3v) is 3.25. The molecular formula is C16H24IN5O. The van der Waals surface area contributed by atoms with Gasteiger partial charge in [-0.2, -0.15) is 5.10 Å². The maximum absolute atomic E-state index is 5.51. The summed E-state index contributed by atoms with van der Waals surface area (Å²) >= 11 is 0. The number of aromatic nitrogens is 2. The van der Waals surface area contributed by atoms with Gasteiger partial charge in [0.25, 0.3) is 0 Å². The molecule has 0 fully saturated rings. The molecule has 0 unspecified atom stereocenters. The van der Waals surface area contributed by atoms with Crippen molar-refractivity contribution < 1.29 is 4.74 Å². The van der Waals surface area contributed by atoms with Crippen molar-refractivity contribution in [1.82, 2.24) is 20.4 Å². The Morgan fingerprint density at radius 1 is 1.26 bits per heavy atom. The molecule has 0 bridgehead atoms. The van der Waals surface area contributed by atoms with E-state index in [9.17, 15) is 0 Å². The predicted molar refractivity (Wildman–Crippen MR) is 103 cm³/mol.